The lowest BCUT2D eigenvalue weighted by molar-refractivity contribution is 3.17. The van der Waals surface area contributed by atoms with Crippen LogP contribution in [0.15, 0.2) is 0 Å². The Bertz CT molecular complexity index is 1430. The summed E-state index contributed by atoms with van der Waals surface area (Å²) in [5, 5.41) is 0. The fourth-order valence-electron chi connectivity index (χ4n) is 14.6. The molecule has 0 unspecified atom stereocenters. The Morgan fingerprint density at radius 1 is 0.106 bits per heavy atom. The van der Waals surface area contributed by atoms with E-state index in [-0.39, 0.29) is 0 Å². The molecule has 0 saturated heterocycles. The van der Waals surface area contributed by atoms with Gasteiger partial charge in [-0.3, -0.25) is 0 Å². The first-order valence-electron chi connectivity index (χ1n) is 28.0. The molecule has 87 radical (unpaired) electrons. The van der Waals surface area contributed by atoms with E-state index in [1.165, 1.54) is 7.06 Å². The molecule has 0 N–H and O–H groups in total. The molecule has 0 aliphatic heterocycles. The second-order valence-corrected chi connectivity index (χ2v) is 23.9. The lowest BCUT2D eigenvalue weighted by Crippen LogP contribution is -2.96. The third-order valence-electron chi connectivity index (χ3n) is 17.8. The van der Waals surface area contributed by atoms with Crippen LogP contribution >= 0.6 is 0 Å². The molecule has 0 atom stereocenters. The molecule has 0 aliphatic carbocycles. The Morgan fingerprint density at radius 2 is 0.212 bits per heavy atom. The maximum Gasteiger partial charge on any atom is 0 e. The van der Waals surface area contributed by atoms with Gasteiger partial charge in [-0.1, -0.05) is 0 Å². The average Bonchev–Trinajstić information content (AvgIpc) is 3.28. The molecular weight excluding hydrogens is 919 g/mol. The van der Waals surface area contributed by atoms with Crippen LogP contribution in [0.1, 0.15) is 0 Å². The van der Waals surface area contributed by atoms with Crippen LogP contribution in [0.4, 0.5) is 0 Å². The fourth-order valence-corrected chi connectivity index (χ4v) is 14.6. The van der Waals surface area contributed by atoms with Crippen LogP contribution in [-0.4, -0.2) is 602 Å². The van der Waals surface area contributed by atoms with Gasteiger partial charge in [0.1, 0.15) is 0 Å². The van der Waals surface area contributed by atoms with Crippen molar-refractivity contribution in [2.24, 2.45) is 0 Å². The Hall–Kier alpha value is 5.52. The van der Waals surface area contributed by atoms with Gasteiger partial charge < -0.3 is 0 Å². The van der Waals surface area contributed by atoms with Crippen LogP contribution in [0.25, 0.3) is 0 Å². The monoisotopic (exact) mass is 936 g/mol. The van der Waals surface area contributed by atoms with Crippen LogP contribution < -0.4 is 0 Å². The molecule has 0 bridgehead atoms. The van der Waals surface area contributed by atoms with Crippen molar-refractivity contribution in [1.29, 1.82) is 0 Å². The normalized spacial score (nSPS) is 9.79. The smallest absolute Gasteiger partial charge is 0 e. The molecule has 0 nitrogen and oxygen atoms in total. The predicted octanol–water partition coefficient (Wildman–Crippen LogP) is -32.4. The van der Waals surface area contributed by atoms with E-state index in [1.807, 2.05) is 0 Å². The largest absolute Gasteiger partial charge is 0 e. The van der Waals surface area contributed by atoms with Crippen molar-refractivity contribution in [3.63, 3.8) is 0 Å². The summed E-state index contributed by atoms with van der Waals surface area (Å²) in [6.45, 7) is 0. The first-order chi connectivity index (χ1) is 38.6. The highest BCUT2D eigenvalue weighted by Crippen LogP contribution is 2.25. The number of hydrogen-bond acceptors (Lipinski definition) is 0. The third-order valence-corrected chi connectivity index (χ3v) is 17.8. The van der Waals surface area contributed by atoms with E-state index in [1.54, 1.807) is 0 Å². The standard InChI is InChI=1S/B85/c1-45(2)66(43)79(69(46(3)4)47(5)6)82(74(56(23)24)57(25)26)68(83(84(75(58(27)28)59(29)30)76(60(31)32)61(33)34)85(77(62(35)36)63(37)38)78(64(39)40)65(41)42)44-67(80(70(48(7)8)49(9)10)71(50(11)12)51(13)14)81(72(52(15)16)53(17)18)73(54(19)20)55(21)22. The molecule has 0 fully saturated rings. The predicted molar refractivity (Wildman–Crippen MR) is 489 cm³/mol. The first kappa shape index (κ1) is 90.5. The van der Waals surface area contributed by atoms with E-state index in [9.17, 15) is 0 Å². The molecule has 0 aromatic rings. The summed E-state index contributed by atoms with van der Waals surface area (Å²) in [5.74, 6) is 0. The van der Waals surface area contributed by atoms with Gasteiger partial charge in [-0.25, -0.2) is 0 Å². The quantitative estimate of drug-likeness (QED) is 0.0536. The van der Waals surface area contributed by atoms with Gasteiger partial charge in [-0.15, -0.1) is 0 Å². The molecule has 0 spiro atoms. The molecule has 255 valence electrons. The second-order valence-electron chi connectivity index (χ2n) is 23.9. The van der Waals surface area contributed by atoms with E-state index < -0.39 is 262 Å². The molecule has 85 heavy (non-hydrogen) atoms. The van der Waals surface area contributed by atoms with Gasteiger partial charge in [0.2, 0.25) is 0 Å². The minimum absolute atomic E-state index is 1.51. The van der Waals surface area contributed by atoms with E-state index in [4.69, 9.17) is 333 Å². The van der Waals surface area contributed by atoms with Crippen molar-refractivity contribution in [2.75, 3.05) is 0 Å². The van der Waals surface area contributed by atoms with Crippen molar-refractivity contribution >= 4 is 602 Å². The lowest BCUT2D eigenvalue weighted by Gasteiger charge is -2.58. The zero-order valence-corrected chi connectivity index (χ0v) is 49.1. The highest BCUT2D eigenvalue weighted by atomic mass is 13.4. The minimum atomic E-state index is -1.87. The maximum absolute atomic E-state index is 7.32. The highest BCUT2D eigenvalue weighted by molar-refractivity contribution is 8.38. The number of rotatable bonds is 41. The summed E-state index contributed by atoms with van der Waals surface area (Å²) >= 11 is 0. The molecule has 0 amide bonds. The molecule has 0 rings (SSSR count). The molecular formula is B85. The summed E-state index contributed by atoms with van der Waals surface area (Å²) in [6, 6.07) is 0. The van der Waals surface area contributed by atoms with Crippen molar-refractivity contribution < 1.29 is 0 Å². The van der Waals surface area contributed by atoms with Gasteiger partial charge in [0.25, 0.3) is 0 Å². The Kier molecular flexibility index (Phi) is 44.5. The zero-order valence-electron chi connectivity index (χ0n) is 49.1. The van der Waals surface area contributed by atoms with Crippen LogP contribution in [0.2, 0.25) is 0 Å². The molecule has 0 aromatic heterocycles. The summed E-state index contributed by atoms with van der Waals surface area (Å²) in [4.78, 5) is 0. The van der Waals surface area contributed by atoms with Crippen LogP contribution in [0.3, 0.4) is 0 Å². The van der Waals surface area contributed by atoms with Crippen molar-refractivity contribution in [3.05, 3.63) is 0 Å². The minimum Gasteiger partial charge on any atom is 0 e. The fraction of sp³-hybridized carbons (Fsp3) is 0. The second kappa shape index (κ2) is 41.8. The lowest BCUT2D eigenvalue weighted by atomic mass is 8.23. The average molecular weight is 919 g/mol. The Balaban J connectivity index is 12.5. The molecule has 85 heteroatoms. The topological polar surface area (TPSA) is 0 Å². The van der Waals surface area contributed by atoms with E-state index in [0.717, 1.165) is 0 Å². The van der Waals surface area contributed by atoms with E-state index in [0.29, 0.717) is 0 Å². The van der Waals surface area contributed by atoms with Gasteiger partial charge >= 0.3 is 0 Å². The first-order valence-corrected chi connectivity index (χ1v) is 28.0. The van der Waals surface area contributed by atoms with Gasteiger partial charge in [0, 0.05) is 602 Å². The Morgan fingerprint density at radius 3 is 0.341 bits per heavy atom. The van der Waals surface area contributed by atoms with Crippen molar-refractivity contribution in [2.45, 2.75) is 0 Å². The maximum atomic E-state index is 7.32. The van der Waals surface area contributed by atoms with Gasteiger partial charge in [0.15, 0.2) is 0 Å². The van der Waals surface area contributed by atoms with Gasteiger partial charge in [-0.05, 0) is 0 Å². The summed E-state index contributed by atoms with van der Waals surface area (Å²) in [6.07, 6.45) is -66.8. The highest BCUT2D eigenvalue weighted by Gasteiger charge is 2.63. The molecule has 0 aromatic carbocycles. The molecule has 0 aliphatic rings. The van der Waals surface area contributed by atoms with Crippen LogP contribution in [0, 0.1) is 0 Å². The molecule has 0 heterocycles. The summed E-state index contributed by atoms with van der Waals surface area (Å²) in [7, 11) is 295. The zero-order chi connectivity index (χ0) is 67.4. The van der Waals surface area contributed by atoms with Gasteiger partial charge in [-0.2, -0.15) is 0 Å². The van der Waals surface area contributed by atoms with E-state index in [2.05, 4.69) is 0 Å². The summed E-state index contributed by atoms with van der Waals surface area (Å²) in [5.41, 5.74) is 0. The van der Waals surface area contributed by atoms with E-state index >= 15 is 0 Å². The number of hydrogen-bond donors (Lipinski definition) is 0. The van der Waals surface area contributed by atoms with Gasteiger partial charge in [0.05, 0.1) is 0 Å². The summed E-state index contributed by atoms with van der Waals surface area (Å²) < 4.78 is 0. The molecule has 0 saturated carbocycles. The van der Waals surface area contributed by atoms with Crippen LogP contribution in [-0.2, 0) is 0 Å². The van der Waals surface area contributed by atoms with Crippen LogP contribution in [0.5, 0.6) is 0 Å². The Labute approximate surface area is 595 Å². The SMILES string of the molecule is [B]B([B])B([B])B(B(B([B])[B])B([B])[B])B(B([B]B(B(B(B([B])[B])B([B])[B])B(B([B])[B])B([B])[B])B(B(B([B])[B])B([B])[B])B(B([B])[B])B([B])[B])B(B(B(B([B])[B])B([B])[B])B(B([B])[B])B([B])[B])B(B(B([B])[B])B([B])[B])B(B([B])[B])B([B])[B])B(B([B])[B])B([B])[B]. The third kappa shape index (κ3) is 25.0. The van der Waals surface area contributed by atoms with Crippen molar-refractivity contribution in [3.8, 4) is 0 Å². The van der Waals surface area contributed by atoms with Crippen molar-refractivity contribution in [1.82, 2.24) is 0 Å².